The predicted octanol–water partition coefficient (Wildman–Crippen LogP) is 6.67. The van der Waals surface area contributed by atoms with Gasteiger partial charge in [0, 0.05) is 30.6 Å². The van der Waals surface area contributed by atoms with E-state index in [2.05, 4.69) is 10.6 Å². The van der Waals surface area contributed by atoms with Gasteiger partial charge in [-0.1, -0.05) is 0 Å². The van der Waals surface area contributed by atoms with E-state index in [4.69, 9.17) is 27.5 Å². The molecule has 2 aromatic heterocycles. The molecule has 300 valence electrons. The molecule has 2 aliphatic carbocycles. The average Bonchev–Trinajstić information content (AvgIpc) is 3.88. The molecule has 3 heterocycles. The molecule has 2 N–H and O–H groups in total. The number of furan rings is 1. The van der Waals surface area contributed by atoms with Crippen LogP contribution in [-0.4, -0.2) is 72.9 Å². The number of likely N-dealkylation sites (tertiary alicyclic amines) is 1. The summed E-state index contributed by atoms with van der Waals surface area (Å²) < 4.78 is 45.7. The fourth-order valence-electron chi connectivity index (χ4n) is 8.54. The molecular weight excluding hydrogens is 717 g/mol. The maximum absolute atomic E-state index is 14.3. The van der Waals surface area contributed by atoms with E-state index >= 15 is 0 Å². The summed E-state index contributed by atoms with van der Waals surface area (Å²) >= 11 is 0. The highest BCUT2D eigenvalue weighted by Crippen LogP contribution is 2.42. The van der Waals surface area contributed by atoms with E-state index in [9.17, 15) is 28.4 Å². The lowest BCUT2D eigenvalue weighted by molar-refractivity contribution is -0.142. The van der Waals surface area contributed by atoms with Gasteiger partial charge in [0.05, 0.1) is 12.1 Å². The number of esters is 1. The van der Waals surface area contributed by atoms with Gasteiger partial charge < -0.3 is 43.0 Å². The van der Waals surface area contributed by atoms with E-state index in [0.29, 0.717) is 55.3 Å². The van der Waals surface area contributed by atoms with Crippen LogP contribution in [0, 0.1) is 30.6 Å². The molecule has 2 saturated carbocycles. The van der Waals surface area contributed by atoms with Crippen LogP contribution < -0.4 is 16.5 Å². The lowest BCUT2D eigenvalue weighted by Gasteiger charge is -2.38. The Balaban J connectivity index is 1.13. The second-order valence-corrected chi connectivity index (χ2v) is 16.1. The highest BCUT2D eigenvalue weighted by atomic mass is 19.1. The third-order valence-electron chi connectivity index (χ3n) is 11.4. The smallest absolute Gasteiger partial charge is 0.451 e. The summed E-state index contributed by atoms with van der Waals surface area (Å²) in [7, 11) is 1.72. The molecule has 0 unspecified atom stereocenters. The molecule has 1 aliphatic heterocycles. The Morgan fingerprint density at radius 3 is 2.33 bits per heavy atom. The second-order valence-electron chi connectivity index (χ2n) is 16.1. The molecule has 55 heavy (non-hydrogen) atoms. The number of nitrogens with one attached hydrogen (secondary N) is 2. The molecule has 1 aromatic carbocycles. The number of rotatable bonds is 11. The Morgan fingerprint density at radius 2 is 1.69 bits per heavy atom. The number of methoxy groups -OCH3 is 1. The van der Waals surface area contributed by atoms with Crippen LogP contribution in [0.15, 0.2) is 42.3 Å². The number of aryl methyl sites for hydroxylation is 1. The molecule has 15 heteroatoms. The monoisotopic (exact) mass is 769 g/mol. The normalized spacial score (nSPS) is 25.0. The highest BCUT2D eigenvalue weighted by Gasteiger charge is 2.47. The first kappa shape index (κ1) is 40.0. The van der Waals surface area contributed by atoms with Gasteiger partial charge in [0.1, 0.15) is 23.9 Å². The van der Waals surface area contributed by atoms with Gasteiger partial charge in [-0.2, -0.15) is 0 Å². The summed E-state index contributed by atoms with van der Waals surface area (Å²) in [5, 5.41) is 6.28. The van der Waals surface area contributed by atoms with Gasteiger partial charge in [-0.25, -0.2) is 18.8 Å². The summed E-state index contributed by atoms with van der Waals surface area (Å²) in [6.07, 6.45) is 6.03. The number of amides is 3. The number of anilines is 1. The van der Waals surface area contributed by atoms with Gasteiger partial charge in [0.15, 0.2) is 18.1 Å². The maximum atomic E-state index is 14.3. The topological polar surface area (TPSA) is 180 Å². The molecule has 0 bridgehead atoms. The van der Waals surface area contributed by atoms with Crippen LogP contribution in [0.3, 0.4) is 0 Å². The van der Waals surface area contributed by atoms with Crippen LogP contribution in [0.1, 0.15) is 101 Å². The van der Waals surface area contributed by atoms with Crippen molar-refractivity contribution in [1.29, 1.82) is 0 Å². The molecule has 6 rings (SSSR count). The molecule has 3 fully saturated rings. The van der Waals surface area contributed by atoms with E-state index in [1.54, 1.807) is 51.0 Å². The van der Waals surface area contributed by atoms with Gasteiger partial charge in [0.2, 0.25) is 17.6 Å². The number of hydrogen-bond donors (Lipinski definition) is 2. The number of ether oxygens (including phenoxy) is 3. The average molecular weight is 770 g/mol. The number of benzene rings is 1. The number of fused-ring (bicyclic) bond motifs is 1. The summed E-state index contributed by atoms with van der Waals surface area (Å²) in [4.78, 5) is 66.7. The van der Waals surface area contributed by atoms with Crippen molar-refractivity contribution in [2.75, 3.05) is 25.6 Å². The Kier molecular flexibility index (Phi) is 12.4. The minimum Gasteiger partial charge on any atom is -0.451 e. The van der Waals surface area contributed by atoms with Crippen molar-refractivity contribution in [3.63, 3.8) is 0 Å². The van der Waals surface area contributed by atoms with Crippen LogP contribution in [-0.2, 0) is 30.4 Å². The highest BCUT2D eigenvalue weighted by molar-refractivity contribution is 6.00. The first-order valence-corrected chi connectivity index (χ1v) is 19.2. The molecule has 3 amide bonds. The van der Waals surface area contributed by atoms with Crippen molar-refractivity contribution in [3.05, 3.63) is 52.2 Å². The molecule has 1 saturated heterocycles. The number of halogens is 1. The van der Waals surface area contributed by atoms with E-state index in [1.807, 2.05) is 0 Å². The first-order valence-electron chi connectivity index (χ1n) is 19.2. The van der Waals surface area contributed by atoms with Crippen molar-refractivity contribution in [2.45, 2.75) is 116 Å². The first-order chi connectivity index (χ1) is 26.2. The SMILES string of the molecule is CO[C@H]1CC[C@H]([C@@H]2CCN(C(=O)[C@H]3CC[C@H]([C@@H](CF)NC(=O)OC(C)(C)C)CC3)[C@@H]2C(=O)Nc2ccc3oc(C(=O)OCc4oc(=O)oc4C)cc3c2)CC1. The van der Waals surface area contributed by atoms with Crippen LogP contribution in [0.5, 0.6) is 0 Å². The van der Waals surface area contributed by atoms with Crippen molar-refractivity contribution in [1.82, 2.24) is 10.2 Å². The minimum atomic E-state index is -0.890. The number of hydrogen-bond acceptors (Lipinski definition) is 11. The molecule has 0 spiro atoms. The molecular formula is C40H52FN3O11. The van der Waals surface area contributed by atoms with Gasteiger partial charge >= 0.3 is 17.9 Å². The lowest BCUT2D eigenvalue weighted by atomic mass is 9.75. The number of alkyl carbamates (subject to hydrolysis) is 1. The van der Waals surface area contributed by atoms with Crippen molar-refractivity contribution in [3.8, 4) is 0 Å². The number of nitrogens with zero attached hydrogens (tertiary/aromatic N) is 1. The third-order valence-corrected chi connectivity index (χ3v) is 11.4. The van der Waals surface area contributed by atoms with E-state index < -0.39 is 42.2 Å². The van der Waals surface area contributed by atoms with Crippen LogP contribution in [0.4, 0.5) is 14.9 Å². The van der Waals surface area contributed by atoms with E-state index in [-0.39, 0.29) is 65.5 Å². The third kappa shape index (κ3) is 9.60. The molecule has 3 aliphatic rings. The summed E-state index contributed by atoms with van der Waals surface area (Å²) in [6, 6.07) is 5.13. The van der Waals surface area contributed by atoms with Crippen molar-refractivity contribution < 1.29 is 51.0 Å². The summed E-state index contributed by atoms with van der Waals surface area (Å²) in [5.74, 6) is -2.01. The Morgan fingerprint density at radius 1 is 0.964 bits per heavy atom. The van der Waals surface area contributed by atoms with E-state index in [1.165, 1.54) is 13.0 Å². The molecule has 14 nitrogen and oxygen atoms in total. The van der Waals surface area contributed by atoms with Crippen molar-refractivity contribution >= 4 is 40.5 Å². The van der Waals surface area contributed by atoms with Gasteiger partial charge in [-0.3, -0.25) is 9.59 Å². The van der Waals surface area contributed by atoms with Crippen molar-refractivity contribution in [2.24, 2.45) is 23.7 Å². The fraction of sp³-hybridized carbons (Fsp3) is 0.625. The largest absolute Gasteiger partial charge is 0.519 e. The number of carbonyl (C=O) groups excluding carboxylic acids is 4. The molecule has 3 atom stereocenters. The summed E-state index contributed by atoms with van der Waals surface area (Å²) in [5.41, 5.74) is 0.170. The minimum absolute atomic E-state index is 0.0330. The van der Waals surface area contributed by atoms with Gasteiger partial charge in [-0.15, -0.1) is 0 Å². The Bertz CT molecular complexity index is 1890. The zero-order valence-corrected chi connectivity index (χ0v) is 32.2. The van der Waals surface area contributed by atoms with Crippen LogP contribution >= 0.6 is 0 Å². The summed E-state index contributed by atoms with van der Waals surface area (Å²) in [6.45, 7) is 6.19. The number of carbonyl (C=O) groups is 4. The fourth-order valence-corrected chi connectivity index (χ4v) is 8.54. The molecule has 0 radical (unpaired) electrons. The van der Waals surface area contributed by atoms with Crippen LogP contribution in [0.25, 0.3) is 11.0 Å². The maximum Gasteiger partial charge on any atom is 0.519 e. The van der Waals surface area contributed by atoms with E-state index in [0.717, 1.165) is 25.7 Å². The van der Waals surface area contributed by atoms with Gasteiger partial charge in [0.25, 0.3) is 0 Å². The van der Waals surface area contributed by atoms with Gasteiger partial charge in [-0.05, 0) is 128 Å². The lowest BCUT2D eigenvalue weighted by Crippen LogP contribution is -2.50. The standard InChI is InChI=1S/C40H52FN3O11/c1-22-33(54-39(49)52-22)21-51-37(47)32-19-26-18-27(12-15-31(26)53-32)42-35(45)34-29(23-10-13-28(50-5)14-11-23)16-17-44(34)36(46)25-8-6-24(7-9-25)30(20-41)43-38(48)55-40(2,3)4/h12,15,18-19,23-25,28-30,34H,6-11,13-14,16-17,20-21H2,1-5H3,(H,42,45)(H,43,48)/t23-,24-,25-,28-,29-,30+,34-/m0/s1. The van der Waals surface area contributed by atoms with Crippen LogP contribution in [0.2, 0.25) is 0 Å². The molecule has 3 aromatic rings. The zero-order chi connectivity index (χ0) is 39.4. The Hall–Kier alpha value is -4.66. The zero-order valence-electron chi connectivity index (χ0n) is 32.2. The predicted molar refractivity (Wildman–Crippen MR) is 197 cm³/mol. The Labute approximate surface area is 318 Å². The quantitative estimate of drug-likeness (QED) is 0.199. The number of alkyl halides is 1. The second kappa shape index (κ2) is 17.0.